The molecule has 1 fully saturated rings. The Kier molecular flexibility index (Phi) is 4.18. The van der Waals surface area contributed by atoms with E-state index < -0.39 is 0 Å². The van der Waals surface area contributed by atoms with Gasteiger partial charge in [0.1, 0.15) is 0 Å². The maximum absolute atomic E-state index is 11.9. The van der Waals surface area contributed by atoms with Gasteiger partial charge in [0.15, 0.2) is 11.8 Å². The van der Waals surface area contributed by atoms with Gasteiger partial charge >= 0.3 is 0 Å². The lowest BCUT2D eigenvalue weighted by Crippen LogP contribution is -2.27. The van der Waals surface area contributed by atoms with Gasteiger partial charge in [-0.25, -0.2) is 4.74 Å². The summed E-state index contributed by atoms with van der Waals surface area (Å²) in [6.07, 6.45) is 7.83. The zero-order valence-corrected chi connectivity index (χ0v) is 9.55. The first-order valence-corrected chi connectivity index (χ1v) is 5.56. The monoisotopic (exact) mass is 195 g/mol. The Morgan fingerprint density at radius 1 is 1.14 bits per heavy atom. The Hall–Kier alpha value is -0.790. The molecular formula is C12H21NO. The van der Waals surface area contributed by atoms with E-state index in [2.05, 4.69) is 0 Å². The molecule has 0 N–H and O–H groups in total. The van der Waals surface area contributed by atoms with E-state index in [-0.39, 0.29) is 6.04 Å². The van der Waals surface area contributed by atoms with Crippen molar-refractivity contribution in [3.63, 3.8) is 0 Å². The Bertz CT molecular complexity index is 243. The van der Waals surface area contributed by atoms with Crippen molar-refractivity contribution in [2.45, 2.75) is 58.9 Å². The van der Waals surface area contributed by atoms with E-state index >= 15 is 0 Å². The summed E-state index contributed by atoms with van der Waals surface area (Å²) in [6.45, 7) is 5.96. The molecule has 14 heavy (non-hydrogen) atoms. The van der Waals surface area contributed by atoms with Gasteiger partial charge in [-0.05, 0) is 26.7 Å². The second kappa shape index (κ2) is 5.18. The summed E-state index contributed by atoms with van der Waals surface area (Å²) in [5, 5.41) is 11.9. The van der Waals surface area contributed by atoms with Crippen molar-refractivity contribution in [3.05, 3.63) is 16.9 Å². The minimum atomic E-state index is 0.236. The van der Waals surface area contributed by atoms with E-state index in [9.17, 15) is 5.21 Å². The lowest BCUT2D eigenvalue weighted by Gasteiger charge is -2.22. The van der Waals surface area contributed by atoms with Gasteiger partial charge < -0.3 is 5.21 Å². The SMILES string of the molecule is CC(C)=C/C(C)=[N+](/[O-])C1CCCCC1. The van der Waals surface area contributed by atoms with Gasteiger partial charge in [0.2, 0.25) is 0 Å². The van der Waals surface area contributed by atoms with Gasteiger partial charge in [0, 0.05) is 25.8 Å². The quantitative estimate of drug-likeness (QED) is 0.287. The molecule has 1 rings (SSSR count). The fourth-order valence-corrected chi connectivity index (χ4v) is 2.08. The molecule has 0 bridgehead atoms. The van der Waals surface area contributed by atoms with Crippen molar-refractivity contribution in [1.82, 2.24) is 0 Å². The highest BCUT2D eigenvalue weighted by Gasteiger charge is 2.20. The summed E-state index contributed by atoms with van der Waals surface area (Å²) >= 11 is 0. The van der Waals surface area contributed by atoms with Crippen molar-refractivity contribution in [2.75, 3.05) is 0 Å². The minimum Gasteiger partial charge on any atom is -0.623 e. The molecule has 0 unspecified atom stereocenters. The summed E-state index contributed by atoms with van der Waals surface area (Å²) < 4.78 is 1.21. The summed E-state index contributed by atoms with van der Waals surface area (Å²) in [5.74, 6) is 0. The first kappa shape index (κ1) is 11.3. The summed E-state index contributed by atoms with van der Waals surface area (Å²) in [6, 6.07) is 0.236. The molecule has 0 amide bonds. The molecule has 0 aromatic rings. The molecule has 2 nitrogen and oxygen atoms in total. The van der Waals surface area contributed by atoms with E-state index in [0.29, 0.717) is 0 Å². The molecular weight excluding hydrogens is 174 g/mol. The molecule has 0 aliphatic heterocycles. The predicted molar refractivity (Wildman–Crippen MR) is 60.6 cm³/mol. The summed E-state index contributed by atoms with van der Waals surface area (Å²) in [4.78, 5) is 0. The van der Waals surface area contributed by atoms with Crippen molar-refractivity contribution < 1.29 is 4.74 Å². The molecule has 0 aromatic heterocycles. The average molecular weight is 195 g/mol. The van der Waals surface area contributed by atoms with Crippen LogP contribution in [0.25, 0.3) is 0 Å². The molecule has 0 saturated heterocycles. The summed E-state index contributed by atoms with van der Waals surface area (Å²) in [5.41, 5.74) is 2.05. The second-order valence-corrected chi connectivity index (χ2v) is 4.48. The number of hydrogen-bond acceptors (Lipinski definition) is 1. The van der Waals surface area contributed by atoms with Gasteiger partial charge in [0.05, 0.1) is 0 Å². The normalized spacial score (nSPS) is 20.2. The third kappa shape index (κ3) is 3.17. The van der Waals surface area contributed by atoms with Crippen LogP contribution in [-0.4, -0.2) is 16.5 Å². The van der Waals surface area contributed by atoms with Gasteiger partial charge in [-0.3, -0.25) is 0 Å². The topological polar surface area (TPSA) is 26.1 Å². The maximum atomic E-state index is 11.9. The zero-order valence-electron chi connectivity index (χ0n) is 9.55. The van der Waals surface area contributed by atoms with Crippen LogP contribution >= 0.6 is 0 Å². The van der Waals surface area contributed by atoms with Crippen LogP contribution in [0.3, 0.4) is 0 Å². The standard InChI is InChI=1S/C12H21NO/c1-10(2)9-11(3)13(14)12-7-5-4-6-8-12/h9,12H,4-8H2,1-3H3/b13-11+. The molecule has 0 atom stereocenters. The van der Waals surface area contributed by atoms with Crippen molar-refractivity contribution >= 4 is 5.71 Å². The highest BCUT2D eigenvalue weighted by Crippen LogP contribution is 2.20. The molecule has 1 aliphatic carbocycles. The Morgan fingerprint density at radius 2 is 1.71 bits per heavy atom. The lowest BCUT2D eigenvalue weighted by molar-refractivity contribution is -0.505. The van der Waals surface area contributed by atoms with E-state index in [0.717, 1.165) is 18.6 Å². The largest absolute Gasteiger partial charge is 0.623 e. The van der Waals surface area contributed by atoms with E-state index in [4.69, 9.17) is 0 Å². The minimum absolute atomic E-state index is 0.236. The van der Waals surface area contributed by atoms with Crippen LogP contribution in [-0.2, 0) is 0 Å². The number of hydrogen-bond donors (Lipinski definition) is 0. The first-order valence-electron chi connectivity index (χ1n) is 5.56. The fourth-order valence-electron chi connectivity index (χ4n) is 2.08. The third-order valence-electron chi connectivity index (χ3n) is 2.75. The summed E-state index contributed by atoms with van der Waals surface area (Å²) in [7, 11) is 0. The highest BCUT2D eigenvalue weighted by molar-refractivity contribution is 5.89. The van der Waals surface area contributed by atoms with Gasteiger partial charge in [-0.15, -0.1) is 0 Å². The van der Waals surface area contributed by atoms with Crippen LogP contribution in [0.2, 0.25) is 0 Å². The Labute approximate surface area is 86.9 Å². The zero-order chi connectivity index (χ0) is 10.6. The van der Waals surface area contributed by atoms with Crippen LogP contribution in [0, 0.1) is 5.21 Å². The number of rotatable bonds is 2. The number of allylic oxidation sites excluding steroid dienone is 2. The maximum Gasteiger partial charge on any atom is 0.184 e. The molecule has 1 saturated carbocycles. The van der Waals surface area contributed by atoms with E-state index in [1.54, 1.807) is 0 Å². The van der Waals surface area contributed by atoms with Crippen LogP contribution in [0.5, 0.6) is 0 Å². The lowest BCUT2D eigenvalue weighted by atomic mass is 9.95. The fraction of sp³-hybridized carbons (Fsp3) is 0.750. The highest BCUT2D eigenvalue weighted by atomic mass is 16.5. The smallest absolute Gasteiger partial charge is 0.184 e. The van der Waals surface area contributed by atoms with Crippen LogP contribution in [0.15, 0.2) is 11.6 Å². The molecule has 0 spiro atoms. The number of hydroxylamine groups is 1. The van der Waals surface area contributed by atoms with E-state index in [1.165, 1.54) is 29.6 Å². The van der Waals surface area contributed by atoms with Crippen LogP contribution in [0.4, 0.5) is 0 Å². The Morgan fingerprint density at radius 3 is 2.21 bits per heavy atom. The Balaban J connectivity index is 2.69. The molecule has 1 aliphatic rings. The first-order chi connectivity index (χ1) is 6.61. The van der Waals surface area contributed by atoms with Crippen molar-refractivity contribution in [1.29, 1.82) is 0 Å². The average Bonchev–Trinajstić information content (AvgIpc) is 2.17. The third-order valence-corrected chi connectivity index (χ3v) is 2.75. The van der Waals surface area contributed by atoms with E-state index in [1.807, 2.05) is 26.8 Å². The molecule has 0 radical (unpaired) electrons. The predicted octanol–water partition coefficient (Wildman–Crippen LogP) is 3.26. The van der Waals surface area contributed by atoms with Gasteiger partial charge in [-0.1, -0.05) is 12.0 Å². The van der Waals surface area contributed by atoms with Crippen molar-refractivity contribution in [2.24, 2.45) is 0 Å². The molecule has 0 aromatic carbocycles. The molecule has 0 heterocycles. The molecule has 80 valence electrons. The van der Waals surface area contributed by atoms with Gasteiger partial charge in [0.25, 0.3) is 0 Å². The molecule has 2 heteroatoms. The van der Waals surface area contributed by atoms with Gasteiger partial charge in [-0.2, -0.15) is 0 Å². The van der Waals surface area contributed by atoms with Crippen LogP contribution in [0.1, 0.15) is 52.9 Å². The van der Waals surface area contributed by atoms with Crippen LogP contribution < -0.4 is 0 Å². The van der Waals surface area contributed by atoms with Crippen molar-refractivity contribution in [3.8, 4) is 0 Å². The number of nitrogens with zero attached hydrogens (tertiary/aromatic N) is 1. The second-order valence-electron chi connectivity index (χ2n) is 4.48.